The molecule has 2 N–H and O–H groups in total. The molecule has 94 valence electrons. The van der Waals surface area contributed by atoms with E-state index in [1.54, 1.807) is 0 Å². The highest BCUT2D eigenvalue weighted by atomic mass is 32.1. The summed E-state index contributed by atoms with van der Waals surface area (Å²) in [7, 11) is -0.317. The fourth-order valence-electron chi connectivity index (χ4n) is 2.00. The lowest BCUT2D eigenvalue weighted by Crippen LogP contribution is -2.34. The van der Waals surface area contributed by atoms with Crippen molar-refractivity contribution in [3.8, 4) is 0 Å². The number of rotatable bonds is 1. The first-order chi connectivity index (χ1) is 8.45. The number of nitrogens with zero attached hydrogens (tertiary/aromatic N) is 1. The second kappa shape index (κ2) is 3.95. The summed E-state index contributed by atoms with van der Waals surface area (Å²) < 4.78 is 12.9. The molecule has 0 saturated carbocycles. The molecule has 4 nitrogen and oxygen atoms in total. The van der Waals surface area contributed by atoms with Gasteiger partial charge in [0.05, 0.1) is 21.9 Å². The first-order valence-electron chi connectivity index (χ1n) is 5.95. The minimum absolute atomic E-state index is 0.0682. The van der Waals surface area contributed by atoms with Crippen LogP contribution in [0.15, 0.2) is 18.2 Å². The van der Waals surface area contributed by atoms with Crippen LogP contribution in [0.3, 0.4) is 0 Å². The molecule has 2 aromatic rings. The van der Waals surface area contributed by atoms with Gasteiger partial charge in [0.1, 0.15) is 0 Å². The molecule has 1 aromatic carbocycles. The quantitative estimate of drug-likeness (QED) is 0.796. The van der Waals surface area contributed by atoms with Gasteiger partial charge in [-0.2, -0.15) is 0 Å². The summed E-state index contributed by atoms with van der Waals surface area (Å²) in [5.41, 5.74) is 7.33. The van der Waals surface area contributed by atoms with E-state index in [1.807, 2.05) is 39.0 Å². The number of aromatic nitrogens is 1. The van der Waals surface area contributed by atoms with Gasteiger partial charge in [-0.05, 0) is 38.4 Å². The van der Waals surface area contributed by atoms with E-state index in [9.17, 15) is 0 Å². The van der Waals surface area contributed by atoms with Crippen molar-refractivity contribution in [1.29, 1.82) is 0 Å². The summed E-state index contributed by atoms with van der Waals surface area (Å²) >= 11 is 1.49. The smallest absolute Gasteiger partial charge is 0.402 e. The second-order valence-corrected chi connectivity index (χ2v) is 6.17. The third-order valence-electron chi connectivity index (χ3n) is 3.42. The fraction of sp³-hybridized carbons (Fsp3) is 0.417. The Morgan fingerprint density at radius 3 is 2.89 bits per heavy atom. The highest BCUT2D eigenvalue weighted by Gasteiger charge is 2.43. The Kier molecular flexibility index (Phi) is 2.62. The van der Waals surface area contributed by atoms with E-state index in [1.165, 1.54) is 11.3 Å². The van der Waals surface area contributed by atoms with E-state index in [4.69, 9.17) is 15.0 Å². The Bertz CT molecular complexity index is 599. The molecule has 1 unspecified atom stereocenters. The Labute approximate surface area is 110 Å². The van der Waals surface area contributed by atoms with Crippen LogP contribution < -0.4 is 11.2 Å². The number of fused-ring (bicyclic) bond motifs is 1. The molecule has 0 bridgehead atoms. The second-order valence-electron chi connectivity index (χ2n) is 5.11. The lowest BCUT2D eigenvalue weighted by Gasteiger charge is -2.21. The number of nitrogens with two attached hydrogens (primary N) is 1. The van der Waals surface area contributed by atoms with E-state index in [0.717, 1.165) is 15.7 Å². The van der Waals surface area contributed by atoms with Crippen LogP contribution in [-0.4, -0.2) is 23.8 Å². The van der Waals surface area contributed by atoms with Gasteiger partial charge < -0.3 is 15.0 Å². The summed E-state index contributed by atoms with van der Waals surface area (Å²) in [6.45, 7) is 6.10. The molecule has 1 atom stereocenters. The molecule has 0 amide bonds. The maximum Gasteiger partial charge on any atom is 0.494 e. The largest absolute Gasteiger partial charge is 0.494 e. The Morgan fingerprint density at radius 1 is 1.44 bits per heavy atom. The molecule has 1 aliphatic rings. The van der Waals surface area contributed by atoms with E-state index in [0.29, 0.717) is 5.13 Å². The molecular formula is C12H15BN2O2S. The molecular weight excluding hydrogens is 247 g/mol. The summed E-state index contributed by atoms with van der Waals surface area (Å²) in [4.78, 5) is 4.29. The Balaban J connectivity index is 1.95. The molecule has 3 rings (SSSR count). The number of hydrogen-bond acceptors (Lipinski definition) is 5. The summed E-state index contributed by atoms with van der Waals surface area (Å²) in [5, 5.41) is 0.587. The van der Waals surface area contributed by atoms with Gasteiger partial charge in [-0.15, -0.1) is 0 Å². The highest BCUT2D eigenvalue weighted by molar-refractivity contribution is 7.22. The van der Waals surface area contributed by atoms with Crippen molar-refractivity contribution >= 4 is 39.3 Å². The van der Waals surface area contributed by atoms with Crippen LogP contribution in [0.5, 0.6) is 0 Å². The first kappa shape index (κ1) is 12.0. The molecule has 1 fully saturated rings. The van der Waals surface area contributed by atoms with Gasteiger partial charge in [0, 0.05) is 0 Å². The molecule has 6 heteroatoms. The predicted octanol–water partition coefficient (Wildman–Crippen LogP) is 1.79. The van der Waals surface area contributed by atoms with Gasteiger partial charge in [-0.25, -0.2) is 4.98 Å². The van der Waals surface area contributed by atoms with E-state index in [2.05, 4.69) is 4.98 Å². The summed E-state index contributed by atoms with van der Waals surface area (Å²) in [5.74, 6) is 0. The van der Waals surface area contributed by atoms with Gasteiger partial charge in [0.2, 0.25) is 0 Å². The topological polar surface area (TPSA) is 57.4 Å². The zero-order chi connectivity index (χ0) is 12.9. The van der Waals surface area contributed by atoms with Crippen molar-refractivity contribution in [1.82, 2.24) is 4.98 Å². The molecule has 1 aliphatic heterocycles. The summed E-state index contributed by atoms with van der Waals surface area (Å²) in [6, 6.07) is 6.02. The van der Waals surface area contributed by atoms with E-state index in [-0.39, 0.29) is 18.8 Å². The monoisotopic (exact) mass is 262 g/mol. The average Bonchev–Trinajstić information content (AvgIpc) is 2.77. The van der Waals surface area contributed by atoms with Crippen molar-refractivity contribution in [2.24, 2.45) is 0 Å². The molecule has 0 spiro atoms. The van der Waals surface area contributed by atoms with Crippen molar-refractivity contribution in [2.45, 2.75) is 32.5 Å². The molecule has 18 heavy (non-hydrogen) atoms. The molecule has 0 radical (unpaired) electrons. The van der Waals surface area contributed by atoms with Gasteiger partial charge in [0.25, 0.3) is 0 Å². The molecule has 1 aromatic heterocycles. The average molecular weight is 262 g/mol. The van der Waals surface area contributed by atoms with E-state index < -0.39 is 0 Å². The van der Waals surface area contributed by atoms with Crippen LogP contribution in [0.25, 0.3) is 10.2 Å². The standard InChI is InChI=1S/C12H15BN2O2S/c1-7-12(2,3)17-13(16-7)8-4-5-10-9(6-8)15-11(14)18-10/h4-7H,1-3H3,(H2,14,15). The SMILES string of the molecule is CC1OB(c2ccc3sc(N)nc3c2)OC1(C)C. The number of thiazole rings is 1. The third kappa shape index (κ3) is 1.90. The van der Waals surface area contributed by atoms with Gasteiger partial charge in [-0.3, -0.25) is 0 Å². The highest BCUT2D eigenvalue weighted by Crippen LogP contribution is 2.28. The maximum atomic E-state index is 5.92. The van der Waals surface area contributed by atoms with Crippen molar-refractivity contribution in [2.75, 3.05) is 5.73 Å². The number of benzene rings is 1. The zero-order valence-corrected chi connectivity index (χ0v) is 11.5. The third-order valence-corrected chi connectivity index (χ3v) is 4.28. The maximum absolute atomic E-state index is 5.92. The number of nitrogen functional groups attached to an aromatic ring is 1. The van der Waals surface area contributed by atoms with Crippen LogP contribution in [0.1, 0.15) is 20.8 Å². The van der Waals surface area contributed by atoms with Gasteiger partial charge >= 0.3 is 7.12 Å². The lowest BCUT2D eigenvalue weighted by atomic mass is 9.79. The van der Waals surface area contributed by atoms with Crippen LogP contribution >= 0.6 is 11.3 Å². The zero-order valence-electron chi connectivity index (χ0n) is 10.6. The predicted molar refractivity (Wildman–Crippen MR) is 75.1 cm³/mol. The molecule has 2 heterocycles. The Morgan fingerprint density at radius 2 is 2.22 bits per heavy atom. The first-order valence-corrected chi connectivity index (χ1v) is 6.76. The molecule has 1 saturated heterocycles. The van der Waals surface area contributed by atoms with Gasteiger partial charge in [-0.1, -0.05) is 17.4 Å². The summed E-state index contributed by atoms with van der Waals surface area (Å²) in [6.07, 6.45) is 0.0682. The van der Waals surface area contributed by atoms with Gasteiger partial charge in [0.15, 0.2) is 5.13 Å². The van der Waals surface area contributed by atoms with Crippen LogP contribution in [0.4, 0.5) is 5.13 Å². The Hall–Kier alpha value is -1.11. The minimum atomic E-state index is -0.317. The minimum Gasteiger partial charge on any atom is -0.402 e. The van der Waals surface area contributed by atoms with Crippen LogP contribution in [0, 0.1) is 0 Å². The van der Waals surface area contributed by atoms with E-state index >= 15 is 0 Å². The van der Waals surface area contributed by atoms with Crippen molar-refractivity contribution in [3.05, 3.63) is 18.2 Å². The number of anilines is 1. The molecule has 0 aliphatic carbocycles. The normalized spacial score (nSPS) is 22.8. The van der Waals surface area contributed by atoms with Crippen molar-refractivity contribution in [3.63, 3.8) is 0 Å². The van der Waals surface area contributed by atoms with Crippen LogP contribution in [-0.2, 0) is 9.31 Å². The fourth-order valence-corrected chi connectivity index (χ4v) is 2.72. The van der Waals surface area contributed by atoms with Crippen molar-refractivity contribution < 1.29 is 9.31 Å². The number of hydrogen-bond donors (Lipinski definition) is 1. The van der Waals surface area contributed by atoms with Crippen LogP contribution in [0.2, 0.25) is 0 Å². The lowest BCUT2D eigenvalue weighted by molar-refractivity contribution is 0.0842.